The van der Waals surface area contributed by atoms with Gasteiger partial charge in [0.2, 0.25) is 0 Å². The normalized spacial score (nSPS) is 12.4. The van der Waals surface area contributed by atoms with E-state index in [1.807, 2.05) is 58.9 Å². The predicted molar refractivity (Wildman–Crippen MR) is 93.3 cm³/mol. The molecular weight excluding hydrogens is 310 g/mol. The molecule has 0 N–H and O–H groups in total. The highest BCUT2D eigenvalue weighted by molar-refractivity contribution is 7.92. The average molecular weight is 335 g/mol. The van der Waals surface area contributed by atoms with Gasteiger partial charge < -0.3 is 0 Å². The summed E-state index contributed by atoms with van der Waals surface area (Å²) in [5, 5.41) is 4.39. The third-order valence-corrected chi connectivity index (χ3v) is 5.63. The molecule has 0 bridgehead atoms. The smallest absolute Gasteiger partial charge is 0.267 e. The van der Waals surface area contributed by atoms with Gasteiger partial charge in [0.05, 0.1) is 11.4 Å². The summed E-state index contributed by atoms with van der Waals surface area (Å²) in [7, 11) is -1.92. The fourth-order valence-corrected chi connectivity index (χ4v) is 4.53. The Morgan fingerprint density at radius 1 is 1.22 bits per heavy atom. The van der Waals surface area contributed by atoms with Gasteiger partial charge in [-0.15, -0.1) is 0 Å². The molecule has 1 aromatic heterocycles. The van der Waals surface area contributed by atoms with E-state index < -0.39 is 10.0 Å². The number of aromatic nitrogens is 2. The van der Waals surface area contributed by atoms with Crippen LogP contribution in [0.5, 0.6) is 0 Å². The van der Waals surface area contributed by atoms with Gasteiger partial charge in [0.15, 0.2) is 0 Å². The molecule has 126 valence electrons. The highest BCUT2D eigenvalue weighted by atomic mass is 32.2. The van der Waals surface area contributed by atoms with Gasteiger partial charge in [-0.3, -0.25) is 8.99 Å². The molecule has 0 aliphatic heterocycles. The Bertz CT molecular complexity index is 801. The Kier molecular flexibility index (Phi) is 4.57. The summed E-state index contributed by atoms with van der Waals surface area (Å²) >= 11 is 0. The van der Waals surface area contributed by atoms with Crippen LogP contribution in [0, 0.1) is 6.92 Å². The van der Waals surface area contributed by atoms with E-state index in [1.165, 1.54) is 4.31 Å². The Labute approximate surface area is 139 Å². The second kappa shape index (κ2) is 6.00. The van der Waals surface area contributed by atoms with Gasteiger partial charge >= 0.3 is 0 Å². The Morgan fingerprint density at radius 3 is 2.35 bits per heavy atom. The van der Waals surface area contributed by atoms with E-state index in [1.54, 1.807) is 17.9 Å². The van der Waals surface area contributed by atoms with Crippen molar-refractivity contribution in [1.29, 1.82) is 0 Å². The van der Waals surface area contributed by atoms with E-state index >= 15 is 0 Å². The molecule has 1 aromatic carbocycles. The second-order valence-electron chi connectivity index (χ2n) is 6.72. The third-order valence-electron chi connectivity index (χ3n) is 3.75. The first kappa shape index (κ1) is 17.5. The summed E-state index contributed by atoms with van der Waals surface area (Å²) < 4.78 is 29.6. The fraction of sp³-hybridized carbons (Fsp3) is 0.471. The maximum atomic E-state index is 13.3. The first-order valence-corrected chi connectivity index (χ1v) is 9.15. The van der Waals surface area contributed by atoms with Crippen LogP contribution in [-0.2, 0) is 22.5 Å². The summed E-state index contributed by atoms with van der Waals surface area (Å²) in [6.45, 7) is 10.0. The zero-order valence-electron chi connectivity index (χ0n) is 14.7. The van der Waals surface area contributed by atoms with Crippen molar-refractivity contribution >= 4 is 15.7 Å². The van der Waals surface area contributed by atoms with Gasteiger partial charge in [-0.1, -0.05) is 39.0 Å². The van der Waals surface area contributed by atoms with Crippen LogP contribution in [0.15, 0.2) is 35.4 Å². The van der Waals surface area contributed by atoms with Crippen LogP contribution >= 0.6 is 0 Å². The summed E-state index contributed by atoms with van der Waals surface area (Å²) in [5.41, 5.74) is 1.87. The Morgan fingerprint density at radius 2 is 1.83 bits per heavy atom. The van der Waals surface area contributed by atoms with Crippen LogP contribution in [0.2, 0.25) is 0 Å². The molecule has 0 radical (unpaired) electrons. The summed E-state index contributed by atoms with van der Waals surface area (Å²) in [6.07, 6.45) is 1.59. The zero-order chi connectivity index (χ0) is 17.4. The highest BCUT2D eigenvalue weighted by Crippen LogP contribution is 2.32. The van der Waals surface area contributed by atoms with Gasteiger partial charge in [-0.2, -0.15) is 5.10 Å². The number of rotatable bonds is 4. The quantitative estimate of drug-likeness (QED) is 0.862. The van der Waals surface area contributed by atoms with Crippen molar-refractivity contribution in [2.24, 2.45) is 7.05 Å². The van der Waals surface area contributed by atoms with Crippen molar-refractivity contribution in [2.45, 2.75) is 44.9 Å². The SMILES string of the molecule is CCN(c1ccccc1C)S(=O)(=O)c1cn(C)nc1C(C)(C)C. The molecule has 0 atom stereocenters. The molecule has 23 heavy (non-hydrogen) atoms. The molecule has 0 saturated carbocycles. The summed E-state index contributed by atoms with van der Waals surface area (Å²) in [4.78, 5) is 0.276. The van der Waals surface area contributed by atoms with Crippen molar-refractivity contribution in [1.82, 2.24) is 9.78 Å². The number of hydrogen-bond acceptors (Lipinski definition) is 3. The number of sulfonamides is 1. The highest BCUT2D eigenvalue weighted by Gasteiger charge is 2.33. The van der Waals surface area contributed by atoms with Gasteiger partial charge in [0, 0.05) is 25.2 Å². The number of hydrogen-bond donors (Lipinski definition) is 0. The van der Waals surface area contributed by atoms with Crippen LogP contribution in [0.3, 0.4) is 0 Å². The minimum atomic E-state index is -3.67. The number of benzene rings is 1. The fourth-order valence-electron chi connectivity index (χ4n) is 2.61. The number of anilines is 1. The maximum Gasteiger partial charge on any atom is 0.267 e. The molecule has 0 fully saturated rings. The lowest BCUT2D eigenvalue weighted by Crippen LogP contribution is -2.32. The van der Waals surface area contributed by atoms with Crippen molar-refractivity contribution in [2.75, 3.05) is 10.8 Å². The minimum Gasteiger partial charge on any atom is -0.274 e. The maximum absolute atomic E-state index is 13.3. The first-order chi connectivity index (χ1) is 10.6. The van der Waals surface area contributed by atoms with Crippen LogP contribution in [0.4, 0.5) is 5.69 Å². The molecule has 0 amide bonds. The number of aryl methyl sites for hydroxylation is 2. The lowest BCUT2D eigenvalue weighted by molar-refractivity contribution is 0.537. The zero-order valence-corrected chi connectivity index (χ0v) is 15.5. The Hall–Kier alpha value is -1.82. The van der Waals surface area contributed by atoms with Gasteiger partial charge in [-0.25, -0.2) is 8.42 Å². The molecule has 0 aliphatic rings. The average Bonchev–Trinajstić information content (AvgIpc) is 2.84. The van der Waals surface area contributed by atoms with Crippen LogP contribution in [0.1, 0.15) is 39.0 Å². The topological polar surface area (TPSA) is 55.2 Å². The standard InChI is InChI=1S/C17H25N3O2S/c1-7-20(14-11-9-8-10-13(14)2)23(21,22)15-12-19(6)18-16(15)17(3,4)5/h8-12H,7H2,1-6H3. The van der Waals surface area contributed by atoms with Gasteiger partial charge in [-0.05, 0) is 25.5 Å². The number of nitrogens with zero attached hydrogens (tertiary/aromatic N) is 3. The van der Waals surface area contributed by atoms with E-state index in [0.29, 0.717) is 17.9 Å². The molecule has 0 unspecified atom stereocenters. The molecule has 6 heteroatoms. The molecule has 0 saturated heterocycles. The number of para-hydroxylation sites is 1. The summed E-state index contributed by atoms with van der Waals surface area (Å²) in [6, 6.07) is 7.52. The minimum absolute atomic E-state index is 0.276. The monoisotopic (exact) mass is 335 g/mol. The van der Waals surface area contributed by atoms with Crippen LogP contribution in [0.25, 0.3) is 0 Å². The second-order valence-corrected chi connectivity index (χ2v) is 8.55. The van der Waals surface area contributed by atoms with Crippen molar-refractivity contribution in [3.05, 3.63) is 41.7 Å². The molecule has 0 spiro atoms. The van der Waals surface area contributed by atoms with E-state index in [0.717, 1.165) is 5.56 Å². The predicted octanol–water partition coefficient (Wildman–Crippen LogP) is 3.24. The van der Waals surface area contributed by atoms with E-state index in [9.17, 15) is 8.42 Å². The van der Waals surface area contributed by atoms with E-state index in [4.69, 9.17) is 0 Å². The van der Waals surface area contributed by atoms with E-state index in [2.05, 4.69) is 5.10 Å². The van der Waals surface area contributed by atoms with Gasteiger partial charge in [0.25, 0.3) is 10.0 Å². The van der Waals surface area contributed by atoms with Crippen molar-refractivity contribution in [3.8, 4) is 0 Å². The van der Waals surface area contributed by atoms with Crippen LogP contribution in [-0.4, -0.2) is 24.7 Å². The van der Waals surface area contributed by atoms with Gasteiger partial charge in [0.1, 0.15) is 4.90 Å². The van der Waals surface area contributed by atoms with Crippen LogP contribution < -0.4 is 4.31 Å². The van der Waals surface area contributed by atoms with Crippen molar-refractivity contribution in [3.63, 3.8) is 0 Å². The first-order valence-electron chi connectivity index (χ1n) is 7.71. The van der Waals surface area contributed by atoms with Crippen molar-refractivity contribution < 1.29 is 8.42 Å². The molecule has 0 aliphatic carbocycles. The van der Waals surface area contributed by atoms with E-state index in [-0.39, 0.29) is 10.3 Å². The largest absolute Gasteiger partial charge is 0.274 e. The summed E-state index contributed by atoms with van der Waals surface area (Å²) in [5.74, 6) is 0. The molecule has 1 heterocycles. The Balaban J connectivity index is 2.64. The third kappa shape index (κ3) is 3.27. The lowest BCUT2D eigenvalue weighted by Gasteiger charge is -2.26. The molecule has 5 nitrogen and oxygen atoms in total. The molecular formula is C17H25N3O2S. The molecule has 2 rings (SSSR count). The lowest BCUT2D eigenvalue weighted by atomic mass is 9.92. The molecule has 2 aromatic rings.